The van der Waals surface area contributed by atoms with Crippen LogP contribution in [0.3, 0.4) is 0 Å². The van der Waals surface area contributed by atoms with Gasteiger partial charge in [-0.25, -0.2) is 0 Å². The third-order valence-electron chi connectivity index (χ3n) is 5.03. The van der Waals surface area contributed by atoms with Crippen LogP contribution in [0.25, 0.3) is 0 Å². The molecule has 0 spiro atoms. The minimum atomic E-state index is -0.947. The fourth-order valence-electron chi connectivity index (χ4n) is 2.64. The average Bonchev–Trinajstić information content (AvgIpc) is 2.51. The van der Waals surface area contributed by atoms with Crippen LogP contribution in [0.1, 0.15) is 59.6 Å². The number of phenols is 1. The molecule has 1 radical (unpaired) electrons. The first-order valence-electron chi connectivity index (χ1n) is 7.59. The highest BCUT2D eigenvalue weighted by atomic mass is 16.5. The van der Waals surface area contributed by atoms with Gasteiger partial charge in [0.2, 0.25) is 0 Å². The van der Waals surface area contributed by atoms with E-state index in [0.717, 1.165) is 0 Å². The van der Waals surface area contributed by atoms with E-state index in [0.29, 0.717) is 15.4 Å². The number of rotatable bonds is 1. The van der Waals surface area contributed by atoms with Crippen molar-refractivity contribution < 1.29 is 20.2 Å². The monoisotopic (exact) mass is 320 g/mol. The molecule has 127 valence electrons. The molecule has 1 aromatic rings. The number of aromatic hydroxyl groups is 1. The third-order valence-corrected chi connectivity index (χ3v) is 5.03. The maximum atomic E-state index is 12.7. The molecule has 2 rings (SSSR count). The van der Waals surface area contributed by atoms with Crippen LogP contribution >= 0.6 is 0 Å². The molecule has 1 aliphatic rings. The molecule has 1 aliphatic heterocycles. The van der Waals surface area contributed by atoms with E-state index in [4.69, 9.17) is 0 Å². The summed E-state index contributed by atoms with van der Waals surface area (Å²) in [6, 6.07) is 2.73. The summed E-state index contributed by atoms with van der Waals surface area (Å²) in [4.78, 5) is 0. The van der Waals surface area contributed by atoms with Crippen molar-refractivity contribution in [2.24, 2.45) is 0 Å². The first-order valence-corrected chi connectivity index (χ1v) is 7.59. The van der Waals surface area contributed by atoms with Crippen LogP contribution in [0.15, 0.2) is 12.1 Å². The SMILES string of the molecule is CC(C)(C)c1cc(C2=[N+]([O-])C(C)(C)C(C)(C)N2[O])cc(O)c1[O-]. The Morgan fingerprint density at radius 1 is 1.17 bits per heavy atom. The van der Waals surface area contributed by atoms with E-state index < -0.39 is 28.0 Å². The standard InChI is InChI=1S/C17H25N2O4/c1-15(2,3)11-8-10(9-12(20)13(11)21)14-18(22)16(4,5)17(6,7)19(14)23/h8-9,20-21H,1-7H3/p-1. The molecular weight excluding hydrogens is 296 g/mol. The largest absolute Gasteiger partial charge is 0.870 e. The zero-order valence-corrected chi connectivity index (χ0v) is 14.7. The van der Waals surface area contributed by atoms with E-state index >= 15 is 0 Å². The molecule has 0 bridgehead atoms. The van der Waals surface area contributed by atoms with E-state index in [2.05, 4.69) is 0 Å². The van der Waals surface area contributed by atoms with E-state index in [-0.39, 0.29) is 11.4 Å². The molecule has 1 aromatic carbocycles. The Kier molecular flexibility index (Phi) is 3.61. The predicted octanol–water partition coefficient (Wildman–Crippen LogP) is 2.24. The Morgan fingerprint density at radius 2 is 1.70 bits per heavy atom. The maximum absolute atomic E-state index is 12.7. The number of nitrogens with zero attached hydrogens (tertiary/aromatic N) is 2. The number of hydroxylamine groups is 3. The maximum Gasteiger partial charge on any atom is 0.316 e. The predicted molar refractivity (Wildman–Crippen MR) is 84.7 cm³/mol. The molecule has 0 unspecified atom stereocenters. The Hall–Kier alpha value is -1.95. The number of hydrogen-bond acceptors (Lipinski definition) is 4. The van der Waals surface area contributed by atoms with E-state index in [1.165, 1.54) is 12.1 Å². The summed E-state index contributed by atoms with van der Waals surface area (Å²) in [6.45, 7) is 12.3. The zero-order valence-electron chi connectivity index (χ0n) is 14.7. The third kappa shape index (κ3) is 2.32. The van der Waals surface area contributed by atoms with Crippen molar-refractivity contribution in [3.8, 4) is 11.5 Å². The minimum Gasteiger partial charge on any atom is -0.870 e. The van der Waals surface area contributed by atoms with E-state index in [9.17, 15) is 20.6 Å². The Morgan fingerprint density at radius 3 is 2.09 bits per heavy atom. The van der Waals surface area contributed by atoms with Gasteiger partial charge in [0.05, 0.1) is 5.56 Å². The van der Waals surface area contributed by atoms with Crippen molar-refractivity contribution in [1.82, 2.24) is 5.06 Å². The molecule has 0 atom stereocenters. The summed E-state index contributed by atoms with van der Waals surface area (Å²) in [7, 11) is 0. The van der Waals surface area contributed by atoms with Gasteiger partial charge in [-0.2, -0.15) is 0 Å². The average molecular weight is 320 g/mol. The molecule has 6 nitrogen and oxygen atoms in total. The van der Waals surface area contributed by atoms with Gasteiger partial charge in [0.1, 0.15) is 11.3 Å². The van der Waals surface area contributed by atoms with Crippen molar-refractivity contribution in [1.29, 1.82) is 0 Å². The van der Waals surface area contributed by atoms with Crippen LogP contribution in [-0.4, -0.2) is 31.8 Å². The highest BCUT2D eigenvalue weighted by Gasteiger charge is 2.60. The summed E-state index contributed by atoms with van der Waals surface area (Å²) < 4.78 is 0.672. The highest BCUT2D eigenvalue weighted by molar-refractivity contribution is 5.97. The van der Waals surface area contributed by atoms with Gasteiger partial charge in [-0.3, -0.25) is 4.74 Å². The van der Waals surface area contributed by atoms with Crippen molar-refractivity contribution in [3.05, 3.63) is 28.5 Å². The van der Waals surface area contributed by atoms with Crippen LogP contribution in [0, 0.1) is 5.21 Å². The van der Waals surface area contributed by atoms with Gasteiger partial charge < -0.3 is 15.4 Å². The molecule has 0 saturated heterocycles. The molecule has 0 fully saturated rings. The molecular formula is C17H24N2O4-. The van der Waals surface area contributed by atoms with E-state index in [1.54, 1.807) is 27.7 Å². The molecule has 6 heteroatoms. The van der Waals surface area contributed by atoms with Crippen LogP contribution < -0.4 is 5.11 Å². The fourth-order valence-corrected chi connectivity index (χ4v) is 2.64. The zero-order chi connectivity index (χ0) is 18.0. The summed E-state index contributed by atoms with van der Waals surface area (Å²) in [6.07, 6.45) is 0. The number of hydrogen-bond donors (Lipinski definition) is 1. The Bertz CT molecular complexity index is 685. The lowest BCUT2D eigenvalue weighted by Crippen LogP contribution is -2.53. The van der Waals surface area contributed by atoms with Crippen molar-refractivity contribution in [2.45, 2.75) is 65.0 Å². The molecule has 0 aliphatic carbocycles. The number of benzene rings is 1. The molecule has 23 heavy (non-hydrogen) atoms. The van der Waals surface area contributed by atoms with Crippen LogP contribution in [0.2, 0.25) is 0 Å². The Balaban J connectivity index is 2.73. The minimum absolute atomic E-state index is 0.0826. The first kappa shape index (κ1) is 17.4. The lowest BCUT2D eigenvalue weighted by Gasteiger charge is -2.32. The van der Waals surface area contributed by atoms with Crippen molar-refractivity contribution in [3.63, 3.8) is 0 Å². The Labute approximate surface area is 136 Å². The van der Waals surface area contributed by atoms with Gasteiger partial charge in [-0.05, 0) is 50.8 Å². The molecule has 0 saturated carbocycles. The second-order valence-electron chi connectivity index (χ2n) is 8.15. The van der Waals surface area contributed by atoms with Gasteiger partial charge in [-0.1, -0.05) is 31.6 Å². The molecule has 1 heterocycles. The second-order valence-corrected chi connectivity index (χ2v) is 8.15. The van der Waals surface area contributed by atoms with Gasteiger partial charge in [0.15, 0.2) is 5.54 Å². The van der Waals surface area contributed by atoms with Crippen molar-refractivity contribution in [2.75, 3.05) is 0 Å². The quantitative estimate of drug-likeness (QED) is 0.634. The highest BCUT2D eigenvalue weighted by Crippen LogP contribution is 2.40. The van der Waals surface area contributed by atoms with E-state index in [1.807, 2.05) is 20.8 Å². The summed E-state index contributed by atoms with van der Waals surface area (Å²) >= 11 is 0. The topological polar surface area (TPSA) is 92.5 Å². The van der Waals surface area contributed by atoms with Gasteiger partial charge in [0, 0.05) is 5.21 Å². The van der Waals surface area contributed by atoms with Gasteiger partial charge >= 0.3 is 5.84 Å². The van der Waals surface area contributed by atoms with Crippen LogP contribution in [-0.2, 0) is 10.6 Å². The molecule has 1 N–H and O–H groups in total. The molecule has 0 amide bonds. The lowest BCUT2D eigenvalue weighted by atomic mass is 9.84. The second kappa shape index (κ2) is 4.77. The van der Waals surface area contributed by atoms with Gasteiger partial charge in [-0.15, -0.1) is 0 Å². The lowest BCUT2D eigenvalue weighted by molar-refractivity contribution is -0.539. The first-order chi connectivity index (χ1) is 10.2. The summed E-state index contributed by atoms with van der Waals surface area (Å²) in [5.74, 6) is -1.02. The van der Waals surface area contributed by atoms with Crippen LogP contribution in [0.4, 0.5) is 0 Å². The number of phenolic OH excluding ortho intramolecular Hbond substituents is 1. The normalized spacial score (nSPS) is 20.3. The smallest absolute Gasteiger partial charge is 0.316 e. The van der Waals surface area contributed by atoms with Crippen LogP contribution in [0.5, 0.6) is 11.5 Å². The van der Waals surface area contributed by atoms with Crippen molar-refractivity contribution >= 4 is 5.84 Å². The number of amidine groups is 1. The molecule has 0 aromatic heterocycles. The summed E-state index contributed by atoms with van der Waals surface area (Å²) in [5, 5.41) is 48.2. The summed E-state index contributed by atoms with van der Waals surface area (Å²) in [5.41, 5.74) is -1.79. The van der Waals surface area contributed by atoms with Gasteiger partial charge in [0.25, 0.3) is 0 Å². The fraction of sp³-hybridized carbons (Fsp3) is 0.588.